The van der Waals surface area contributed by atoms with Crippen LogP contribution in [0.3, 0.4) is 0 Å². The van der Waals surface area contributed by atoms with Gasteiger partial charge >= 0.3 is 5.97 Å². The fourth-order valence-electron chi connectivity index (χ4n) is 1.81. The van der Waals surface area contributed by atoms with Crippen LogP contribution in [0.25, 0.3) is 0 Å². The van der Waals surface area contributed by atoms with Crippen molar-refractivity contribution in [3.63, 3.8) is 0 Å². The van der Waals surface area contributed by atoms with Crippen molar-refractivity contribution in [2.24, 2.45) is 0 Å². The maximum absolute atomic E-state index is 13.5. The van der Waals surface area contributed by atoms with Crippen molar-refractivity contribution >= 4 is 11.9 Å². The summed E-state index contributed by atoms with van der Waals surface area (Å²) in [5.41, 5.74) is -0.215. The number of nitrogens with one attached hydrogen (secondary N) is 1. The Morgan fingerprint density at radius 3 is 2.33 bits per heavy atom. The van der Waals surface area contributed by atoms with E-state index in [0.717, 1.165) is 12.1 Å². The van der Waals surface area contributed by atoms with Crippen LogP contribution >= 0.6 is 0 Å². The number of hydrogen-bond donors (Lipinski definition) is 2. The van der Waals surface area contributed by atoms with Crippen LogP contribution in [0, 0.1) is 11.6 Å². The SMILES string of the molecule is O=C(N[C@@H](C(=O)O)c1ccccc1)c1cc(F)ccc1F. The highest BCUT2D eigenvalue weighted by molar-refractivity contribution is 5.97. The third-order valence-corrected chi connectivity index (χ3v) is 2.83. The Bertz CT molecular complexity index is 674. The average Bonchev–Trinajstić information content (AvgIpc) is 2.47. The monoisotopic (exact) mass is 291 g/mol. The lowest BCUT2D eigenvalue weighted by atomic mass is 10.1. The molecule has 0 fully saturated rings. The number of carboxylic acids is 1. The molecule has 2 N–H and O–H groups in total. The molecule has 2 aromatic carbocycles. The van der Waals surface area contributed by atoms with Gasteiger partial charge in [-0.05, 0) is 23.8 Å². The van der Waals surface area contributed by atoms with Gasteiger partial charge in [0.2, 0.25) is 0 Å². The van der Waals surface area contributed by atoms with E-state index in [2.05, 4.69) is 5.32 Å². The van der Waals surface area contributed by atoms with Gasteiger partial charge in [-0.25, -0.2) is 13.6 Å². The smallest absolute Gasteiger partial charge is 0.330 e. The second-order valence-corrected chi connectivity index (χ2v) is 4.28. The highest BCUT2D eigenvalue weighted by Gasteiger charge is 2.24. The summed E-state index contributed by atoms with van der Waals surface area (Å²) in [4.78, 5) is 23.2. The Kier molecular flexibility index (Phi) is 4.27. The van der Waals surface area contributed by atoms with Gasteiger partial charge in [0.15, 0.2) is 6.04 Å². The van der Waals surface area contributed by atoms with E-state index >= 15 is 0 Å². The van der Waals surface area contributed by atoms with E-state index in [1.54, 1.807) is 18.2 Å². The highest BCUT2D eigenvalue weighted by atomic mass is 19.1. The summed E-state index contributed by atoms with van der Waals surface area (Å²) < 4.78 is 26.6. The van der Waals surface area contributed by atoms with Crippen LogP contribution in [-0.2, 0) is 4.79 Å². The topological polar surface area (TPSA) is 66.4 Å². The molecule has 0 unspecified atom stereocenters. The summed E-state index contributed by atoms with van der Waals surface area (Å²) in [6.45, 7) is 0. The Morgan fingerprint density at radius 1 is 1.05 bits per heavy atom. The van der Waals surface area contributed by atoms with E-state index in [4.69, 9.17) is 5.11 Å². The third-order valence-electron chi connectivity index (χ3n) is 2.83. The summed E-state index contributed by atoms with van der Waals surface area (Å²) in [6, 6.07) is 9.00. The highest BCUT2D eigenvalue weighted by Crippen LogP contribution is 2.15. The first-order valence-electron chi connectivity index (χ1n) is 6.02. The first-order valence-corrected chi connectivity index (χ1v) is 6.02. The number of rotatable bonds is 4. The predicted molar refractivity (Wildman–Crippen MR) is 70.6 cm³/mol. The Balaban J connectivity index is 2.27. The molecule has 1 amide bonds. The molecule has 0 radical (unpaired) electrons. The normalized spacial score (nSPS) is 11.7. The second-order valence-electron chi connectivity index (χ2n) is 4.28. The zero-order valence-corrected chi connectivity index (χ0v) is 10.7. The number of aliphatic carboxylic acids is 1. The van der Waals surface area contributed by atoms with Crippen molar-refractivity contribution in [3.05, 3.63) is 71.3 Å². The molecule has 0 spiro atoms. The largest absolute Gasteiger partial charge is 0.479 e. The van der Waals surface area contributed by atoms with Gasteiger partial charge in [0.1, 0.15) is 11.6 Å². The Labute approximate surface area is 119 Å². The molecule has 2 rings (SSSR count). The van der Waals surface area contributed by atoms with Crippen molar-refractivity contribution in [3.8, 4) is 0 Å². The number of carbonyl (C=O) groups excluding carboxylic acids is 1. The number of hydrogen-bond acceptors (Lipinski definition) is 2. The summed E-state index contributed by atoms with van der Waals surface area (Å²) in [6.07, 6.45) is 0. The zero-order chi connectivity index (χ0) is 15.4. The minimum Gasteiger partial charge on any atom is -0.479 e. The molecule has 108 valence electrons. The van der Waals surface area contributed by atoms with E-state index in [1.165, 1.54) is 12.1 Å². The van der Waals surface area contributed by atoms with Gasteiger partial charge in [-0.2, -0.15) is 0 Å². The number of carbonyl (C=O) groups is 2. The predicted octanol–water partition coefficient (Wildman–Crippen LogP) is 2.52. The molecular formula is C15H11F2NO3. The van der Waals surface area contributed by atoms with Gasteiger partial charge < -0.3 is 10.4 Å². The van der Waals surface area contributed by atoms with Crippen LogP contribution in [0.1, 0.15) is 22.0 Å². The standard InChI is InChI=1S/C15H11F2NO3/c16-10-6-7-12(17)11(8-10)14(19)18-13(15(20)21)9-4-2-1-3-5-9/h1-8,13H,(H,18,19)(H,20,21)/t13-/m1/s1. The molecule has 1 atom stereocenters. The maximum atomic E-state index is 13.5. The number of halogens is 2. The first kappa shape index (κ1) is 14.6. The molecule has 0 aliphatic carbocycles. The number of benzene rings is 2. The molecule has 0 bridgehead atoms. The van der Waals surface area contributed by atoms with Crippen molar-refractivity contribution in [2.45, 2.75) is 6.04 Å². The zero-order valence-electron chi connectivity index (χ0n) is 10.7. The molecular weight excluding hydrogens is 280 g/mol. The summed E-state index contributed by atoms with van der Waals surface area (Å²) in [7, 11) is 0. The van der Waals surface area contributed by atoms with Crippen LogP contribution in [0.2, 0.25) is 0 Å². The minimum atomic E-state index is -1.35. The molecule has 4 nitrogen and oxygen atoms in total. The van der Waals surface area contributed by atoms with Gasteiger partial charge in [-0.3, -0.25) is 4.79 Å². The van der Waals surface area contributed by atoms with Crippen LogP contribution in [0.4, 0.5) is 8.78 Å². The van der Waals surface area contributed by atoms with E-state index in [0.29, 0.717) is 11.6 Å². The molecule has 0 aliphatic rings. The maximum Gasteiger partial charge on any atom is 0.330 e. The van der Waals surface area contributed by atoms with Crippen molar-refractivity contribution in [1.29, 1.82) is 0 Å². The van der Waals surface area contributed by atoms with E-state index < -0.39 is 35.1 Å². The van der Waals surface area contributed by atoms with Gasteiger partial charge in [-0.1, -0.05) is 30.3 Å². The van der Waals surface area contributed by atoms with Crippen molar-refractivity contribution < 1.29 is 23.5 Å². The lowest BCUT2D eigenvalue weighted by Crippen LogP contribution is -2.34. The quantitative estimate of drug-likeness (QED) is 0.909. The van der Waals surface area contributed by atoms with Gasteiger partial charge in [0.05, 0.1) is 5.56 Å². The van der Waals surface area contributed by atoms with E-state index in [1.807, 2.05) is 0 Å². The molecule has 0 aliphatic heterocycles. The summed E-state index contributed by atoms with van der Waals surface area (Å²) in [5.74, 6) is -4.01. The van der Waals surface area contributed by atoms with Crippen LogP contribution in [-0.4, -0.2) is 17.0 Å². The van der Waals surface area contributed by atoms with Gasteiger partial charge in [0.25, 0.3) is 5.91 Å². The summed E-state index contributed by atoms with van der Waals surface area (Å²) >= 11 is 0. The Morgan fingerprint density at radius 2 is 1.71 bits per heavy atom. The number of amides is 1. The number of carboxylic acid groups (broad SMARTS) is 1. The van der Waals surface area contributed by atoms with Crippen LogP contribution < -0.4 is 5.32 Å². The Hall–Kier alpha value is -2.76. The fourth-order valence-corrected chi connectivity index (χ4v) is 1.81. The molecule has 0 aromatic heterocycles. The fraction of sp³-hybridized carbons (Fsp3) is 0.0667. The molecule has 0 saturated heterocycles. The third kappa shape index (κ3) is 3.42. The second kappa shape index (κ2) is 6.13. The van der Waals surface area contributed by atoms with E-state index in [-0.39, 0.29) is 0 Å². The molecule has 21 heavy (non-hydrogen) atoms. The van der Waals surface area contributed by atoms with E-state index in [9.17, 15) is 18.4 Å². The average molecular weight is 291 g/mol. The minimum absolute atomic E-state index is 0.329. The van der Waals surface area contributed by atoms with Gasteiger partial charge in [0, 0.05) is 0 Å². The van der Waals surface area contributed by atoms with Crippen molar-refractivity contribution in [2.75, 3.05) is 0 Å². The lowest BCUT2D eigenvalue weighted by Gasteiger charge is -2.15. The molecule has 6 heteroatoms. The lowest BCUT2D eigenvalue weighted by molar-refractivity contribution is -0.139. The van der Waals surface area contributed by atoms with Crippen LogP contribution in [0.5, 0.6) is 0 Å². The summed E-state index contributed by atoms with van der Waals surface area (Å²) in [5, 5.41) is 11.3. The molecule has 0 saturated carbocycles. The first-order chi connectivity index (χ1) is 9.99. The van der Waals surface area contributed by atoms with Crippen LogP contribution in [0.15, 0.2) is 48.5 Å². The molecule has 0 heterocycles. The molecule has 2 aromatic rings. The van der Waals surface area contributed by atoms with Crippen molar-refractivity contribution in [1.82, 2.24) is 5.32 Å². The van der Waals surface area contributed by atoms with Gasteiger partial charge in [-0.15, -0.1) is 0 Å².